The lowest BCUT2D eigenvalue weighted by Gasteiger charge is -2.15. The van der Waals surface area contributed by atoms with Crippen LogP contribution < -0.4 is 10.6 Å². The van der Waals surface area contributed by atoms with Crippen LogP contribution in [-0.2, 0) is 9.53 Å². The van der Waals surface area contributed by atoms with Crippen molar-refractivity contribution in [2.75, 3.05) is 18.5 Å². The summed E-state index contributed by atoms with van der Waals surface area (Å²) in [5, 5.41) is 22.8. The first kappa shape index (κ1) is 22.0. The predicted octanol–water partition coefficient (Wildman–Crippen LogP) is 3.22. The number of carbonyl (C=O) groups excluding carboxylic acids is 2. The van der Waals surface area contributed by atoms with E-state index in [1.54, 1.807) is 0 Å². The number of aliphatic hydroxyl groups is 1. The summed E-state index contributed by atoms with van der Waals surface area (Å²) >= 11 is 0. The summed E-state index contributed by atoms with van der Waals surface area (Å²) in [6.07, 6.45) is -0.625. The van der Waals surface area contributed by atoms with Gasteiger partial charge in [-0.3, -0.25) is 10.1 Å². The highest BCUT2D eigenvalue weighted by atomic mass is 16.5. The Bertz CT molecular complexity index is 1150. The van der Waals surface area contributed by atoms with Gasteiger partial charge in [0.15, 0.2) is 6.04 Å². The van der Waals surface area contributed by atoms with E-state index in [2.05, 4.69) is 22.8 Å². The lowest BCUT2D eigenvalue weighted by molar-refractivity contribution is -0.140. The predicted molar refractivity (Wildman–Crippen MR) is 121 cm³/mol. The second-order valence-electron chi connectivity index (χ2n) is 7.57. The summed E-state index contributed by atoms with van der Waals surface area (Å²) in [4.78, 5) is 35.4. The maximum absolute atomic E-state index is 12.4. The molecule has 0 fully saturated rings. The number of carboxylic acids is 1. The van der Waals surface area contributed by atoms with Gasteiger partial charge in [0, 0.05) is 17.2 Å². The quantitative estimate of drug-likeness (QED) is 0.442. The normalized spacial score (nSPS) is 12.9. The van der Waals surface area contributed by atoms with Crippen molar-refractivity contribution in [3.05, 3.63) is 89.5 Å². The SMILES string of the molecule is O=C(Nc1ccc(C(=O)NC(CO)C(=O)O)cc1)OCC1c2ccccc2-c2ccccc21. The molecule has 33 heavy (non-hydrogen) atoms. The molecule has 3 aromatic carbocycles. The third kappa shape index (κ3) is 4.70. The van der Waals surface area contributed by atoms with Gasteiger partial charge in [-0.15, -0.1) is 0 Å². The summed E-state index contributed by atoms with van der Waals surface area (Å²) in [5.74, 6) is -2.04. The molecule has 4 rings (SSSR count). The summed E-state index contributed by atoms with van der Waals surface area (Å²) < 4.78 is 5.49. The molecule has 0 radical (unpaired) electrons. The highest BCUT2D eigenvalue weighted by molar-refractivity contribution is 5.97. The maximum atomic E-state index is 12.4. The van der Waals surface area contributed by atoms with Crippen molar-refractivity contribution < 1.29 is 29.3 Å². The molecular formula is C25H22N2O6. The molecule has 0 saturated heterocycles. The topological polar surface area (TPSA) is 125 Å². The van der Waals surface area contributed by atoms with E-state index in [9.17, 15) is 14.4 Å². The molecule has 0 aromatic heterocycles. The zero-order chi connectivity index (χ0) is 23.4. The number of carboxylic acid groups (broad SMARTS) is 1. The van der Waals surface area contributed by atoms with E-state index in [0.29, 0.717) is 5.69 Å². The van der Waals surface area contributed by atoms with E-state index < -0.39 is 30.6 Å². The van der Waals surface area contributed by atoms with E-state index in [4.69, 9.17) is 14.9 Å². The molecule has 1 aliphatic carbocycles. The van der Waals surface area contributed by atoms with E-state index in [-0.39, 0.29) is 18.1 Å². The Kier molecular flexibility index (Phi) is 6.37. The Hall–Kier alpha value is -4.17. The standard InChI is InChI=1S/C25H22N2O6/c28-13-22(24(30)31)27-23(29)15-9-11-16(12-10-15)26-25(32)33-14-21-19-7-3-1-5-17(19)18-6-2-4-8-20(18)21/h1-12,21-22,28H,13-14H2,(H,26,32)(H,27,29)(H,30,31). The third-order valence-corrected chi connectivity index (χ3v) is 5.52. The van der Waals surface area contributed by atoms with Crippen molar-refractivity contribution in [1.82, 2.24) is 5.32 Å². The minimum absolute atomic E-state index is 0.0528. The summed E-state index contributed by atoms with van der Waals surface area (Å²) in [7, 11) is 0. The van der Waals surface area contributed by atoms with Crippen LogP contribution in [0.3, 0.4) is 0 Å². The minimum atomic E-state index is -1.39. The molecule has 1 atom stereocenters. The van der Waals surface area contributed by atoms with Crippen molar-refractivity contribution in [3.8, 4) is 11.1 Å². The molecule has 0 aliphatic heterocycles. The summed E-state index contributed by atoms with van der Waals surface area (Å²) in [6.45, 7) is -0.541. The second-order valence-corrected chi connectivity index (χ2v) is 7.57. The molecular weight excluding hydrogens is 424 g/mol. The highest BCUT2D eigenvalue weighted by Crippen LogP contribution is 2.44. The molecule has 1 aliphatic rings. The molecule has 2 amide bonds. The fourth-order valence-electron chi connectivity index (χ4n) is 3.88. The van der Waals surface area contributed by atoms with Gasteiger partial charge in [-0.1, -0.05) is 48.5 Å². The molecule has 3 aromatic rings. The fraction of sp³-hybridized carbons (Fsp3) is 0.160. The van der Waals surface area contributed by atoms with Gasteiger partial charge in [-0.25, -0.2) is 9.59 Å². The molecule has 8 nitrogen and oxygen atoms in total. The van der Waals surface area contributed by atoms with Crippen molar-refractivity contribution in [3.63, 3.8) is 0 Å². The monoisotopic (exact) mass is 446 g/mol. The van der Waals surface area contributed by atoms with Gasteiger partial charge in [0.25, 0.3) is 5.91 Å². The van der Waals surface area contributed by atoms with Crippen LogP contribution in [0.2, 0.25) is 0 Å². The van der Waals surface area contributed by atoms with Crippen LogP contribution in [0.4, 0.5) is 10.5 Å². The minimum Gasteiger partial charge on any atom is -0.480 e. The van der Waals surface area contributed by atoms with E-state index in [1.165, 1.54) is 24.3 Å². The van der Waals surface area contributed by atoms with Gasteiger partial charge in [0.05, 0.1) is 6.61 Å². The Morgan fingerprint density at radius 2 is 1.45 bits per heavy atom. The number of fused-ring (bicyclic) bond motifs is 3. The zero-order valence-electron chi connectivity index (χ0n) is 17.5. The number of rotatable bonds is 7. The molecule has 4 N–H and O–H groups in total. The van der Waals surface area contributed by atoms with Crippen LogP contribution in [0.25, 0.3) is 11.1 Å². The Morgan fingerprint density at radius 3 is 2.00 bits per heavy atom. The lowest BCUT2D eigenvalue weighted by Crippen LogP contribution is -2.43. The van der Waals surface area contributed by atoms with Gasteiger partial charge in [0.2, 0.25) is 0 Å². The van der Waals surface area contributed by atoms with Gasteiger partial charge in [-0.2, -0.15) is 0 Å². The van der Waals surface area contributed by atoms with Crippen LogP contribution in [-0.4, -0.2) is 47.4 Å². The summed E-state index contributed by atoms with van der Waals surface area (Å²) in [6, 6.07) is 20.6. The second kappa shape index (κ2) is 9.54. The first-order valence-corrected chi connectivity index (χ1v) is 10.3. The van der Waals surface area contributed by atoms with Crippen molar-refractivity contribution in [2.45, 2.75) is 12.0 Å². The zero-order valence-corrected chi connectivity index (χ0v) is 17.5. The maximum Gasteiger partial charge on any atom is 0.411 e. The third-order valence-electron chi connectivity index (χ3n) is 5.52. The van der Waals surface area contributed by atoms with Gasteiger partial charge < -0.3 is 20.3 Å². The molecule has 8 heteroatoms. The van der Waals surface area contributed by atoms with Gasteiger partial charge in [0.1, 0.15) is 6.61 Å². The van der Waals surface area contributed by atoms with E-state index >= 15 is 0 Å². The van der Waals surface area contributed by atoms with Crippen LogP contribution in [0, 0.1) is 0 Å². The number of ether oxygens (including phenoxy) is 1. The smallest absolute Gasteiger partial charge is 0.411 e. The van der Waals surface area contributed by atoms with Crippen molar-refractivity contribution in [2.24, 2.45) is 0 Å². The molecule has 1 unspecified atom stereocenters. The highest BCUT2D eigenvalue weighted by Gasteiger charge is 2.29. The first-order chi connectivity index (χ1) is 16.0. The van der Waals surface area contributed by atoms with Gasteiger partial charge in [-0.05, 0) is 46.5 Å². The number of benzene rings is 3. The number of hydrogen-bond donors (Lipinski definition) is 4. The summed E-state index contributed by atoms with van der Waals surface area (Å²) in [5.41, 5.74) is 5.12. The van der Waals surface area contributed by atoms with E-state index in [1.807, 2.05) is 36.4 Å². The number of aliphatic carboxylic acids is 1. The lowest BCUT2D eigenvalue weighted by atomic mass is 9.98. The first-order valence-electron chi connectivity index (χ1n) is 10.3. The van der Waals surface area contributed by atoms with Gasteiger partial charge >= 0.3 is 12.1 Å². The molecule has 168 valence electrons. The Morgan fingerprint density at radius 1 is 0.879 bits per heavy atom. The van der Waals surface area contributed by atoms with Crippen molar-refractivity contribution in [1.29, 1.82) is 0 Å². The number of amides is 2. The van der Waals surface area contributed by atoms with E-state index in [0.717, 1.165) is 22.3 Å². The average Bonchev–Trinajstić information content (AvgIpc) is 3.15. The van der Waals surface area contributed by atoms with Crippen LogP contribution in [0.15, 0.2) is 72.8 Å². The molecule has 0 heterocycles. The molecule has 0 spiro atoms. The number of carbonyl (C=O) groups is 3. The molecule has 0 bridgehead atoms. The number of anilines is 1. The number of aliphatic hydroxyl groups excluding tert-OH is 1. The largest absolute Gasteiger partial charge is 0.480 e. The van der Waals surface area contributed by atoms with Crippen LogP contribution in [0.1, 0.15) is 27.4 Å². The number of nitrogens with one attached hydrogen (secondary N) is 2. The number of hydrogen-bond acceptors (Lipinski definition) is 5. The van der Waals surface area contributed by atoms with Crippen LogP contribution in [0.5, 0.6) is 0 Å². The average molecular weight is 446 g/mol. The van der Waals surface area contributed by atoms with Crippen LogP contribution >= 0.6 is 0 Å². The fourth-order valence-corrected chi connectivity index (χ4v) is 3.88. The Labute approximate surface area is 189 Å². The Balaban J connectivity index is 1.36. The molecule has 0 saturated carbocycles. The van der Waals surface area contributed by atoms with Crippen molar-refractivity contribution >= 4 is 23.7 Å².